The molecule has 0 radical (unpaired) electrons. The molecule has 1 aliphatic rings. The number of hydrogen-bond donors (Lipinski definition) is 5. The molecule has 1 unspecified atom stereocenters. The lowest BCUT2D eigenvalue weighted by Crippen LogP contribution is -2.47. The molecule has 1 aliphatic heterocycles. The van der Waals surface area contributed by atoms with Crippen molar-refractivity contribution < 1.29 is 30.3 Å². The van der Waals surface area contributed by atoms with Gasteiger partial charge in [0.05, 0.1) is 12.7 Å². The molecule has 0 fully saturated rings. The molecule has 0 aliphatic carbocycles. The third-order valence-electron chi connectivity index (χ3n) is 2.96. The van der Waals surface area contributed by atoms with Gasteiger partial charge in [0.25, 0.3) is 0 Å². The highest BCUT2D eigenvalue weighted by Crippen LogP contribution is 2.34. The van der Waals surface area contributed by atoms with Gasteiger partial charge in [-0.3, -0.25) is 4.79 Å². The Hall–Kier alpha value is -0.360. The first-order chi connectivity index (χ1) is 9.81. The molecule has 21 heavy (non-hydrogen) atoms. The second-order valence-electron chi connectivity index (χ2n) is 4.54. The Bertz CT molecular complexity index is 397. The van der Waals surface area contributed by atoms with E-state index >= 15 is 0 Å². The Labute approximate surface area is 130 Å². The summed E-state index contributed by atoms with van der Waals surface area (Å²) in [6.07, 6.45) is -4.47. The summed E-state index contributed by atoms with van der Waals surface area (Å²) in [6, 6.07) is 0. The number of hydrazone groups is 1. The number of aliphatic hydroxyl groups excluding tert-OH is 5. The van der Waals surface area contributed by atoms with Crippen molar-refractivity contribution in [2.45, 2.75) is 43.1 Å². The molecule has 122 valence electrons. The molecule has 1 heterocycles. The van der Waals surface area contributed by atoms with Crippen molar-refractivity contribution in [3.63, 3.8) is 0 Å². The molecule has 10 heteroatoms. The topological polar surface area (TPSA) is 134 Å². The molecule has 0 bridgehead atoms. The highest BCUT2D eigenvalue weighted by atomic mass is 32.2. The van der Waals surface area contributed by atoms with Gasteiger partial charge in [-0.2, -0.15) is 5.10 Å². The fraction of sp³-hybridized carbons (Fsp3) is 0.818. The molecule has 0 spiro atoms. The van der Waals surface area contributed by atoms with E-state index in [1.165, 1.54) is 35.5 Å². The maximum absolute atomic E-state index is 11.5. The van der Waals surface area contributed by atoms with Crippen LogP contribution >= 0.6 is 23.5 Å². The molecular formula is C11H20N2O6S2. The van der Waals surface area contributed by atoms with Crippen LogP contribution in [0.5, 0.6) is 0 Å². The summed E-state index contributed by atoms with van der Waals surface area (Å²) in [5, 5.41) is 52.0. The van der Waals surface area contributed by atoms with Gasteiger partial charge in [0, 0.05) is 13.3 Å². The lowest BCUT2D eigenvalue weighted by Gasteiger charge is -2.28. The van der Waals surface area contributed by atoms with Crippen LogP contribution in [0.15, 0.2) is 5.10 Å². The molecule has 5 atom stereocenters. The molecule has 0 aromatic rings. The van der Waals surface area contributed by atoms with E-state index < -0.39 is 36.4 Å². The second kappa shape index (κ2) is 8.32. The van der Waals surface area contributed by atoms with Gasteiger partial charge in [-0.05, 0) is 6.26 Å². The van der Waals surface area contributed by atoms with E-state index in [2.05, 4.69) is 5.10 Å². The van der Waals surface area contributed by atoms with Gasteiger partial charge in [-0.25, -0.2) is 5.01 Å². The number of carbonyl (C=O) groups excluding carboxylic acids is 1. The lowest BCUT2D eigenvalue weighted by molar-refractivity contribution is -0.132. The van der Waals surface area contributed by atoms with E-state index in [0.29, 0.717) is 4.38 Å². The highest BCUT2D eigenvalue weighted by molar-refractivity contribution is 8.39. The van der Waals surface area contributed by atoms with Gasteiger partial charge in [0.2, 0.25) is 5.91 Å². The van der Waals surface area contributed by atoms with Crippen molar-refractivity contribution in [1.29, 1.82) is 0 Å². The molecule has 0 aromatic carbocycles. The summed E-state index contributed by atoms with van der Waals surface area (Å²) in [4.78, 5) is 11.5. The minimum atomic E-state index is -1.68. The average molecular weight is 340 g/mol. The van der Waals surface area contributed by atoms with Gasteiger partial charge in [0.1, 0.15) is 23.7 Å². The SMILES string of the molecule is CSC1=NN(C(C)=O)C(C[C@H](O)[C@@H](O)[C@H](O)[C@H](O)CO)S1. The smallest absolute Gasteiger partial charge is 0.240 e. The monoisotopic (exact) mass is 340 g/mol. The zero-order chi connectivity index (χ0) is 16.2. The number of thioether (sulfide) groups is 2. The van der Waals surface area contributed by atoms with Crippen molar-refractivity contribution in [2.24, 2.45) is 5.10 Å². The third-order valence-corrected chi connectivity index (χ3v) is 5.13. The van der Waals surface area contributed by atoms with E-state index in [0.717, 1.165) is 0 Å². The molecule has 1 amide bonds. The Balaban J connectivity index is 2.65. The molecule has 5 N–H and O–H groups in total. The van der Waals surface area contributed by atoms with Crippen molar-refractivity contribution in [3.05, 3.63) is 0 Å². The third kappa shape index (κ3) is 4.81. The minimum Gasteiger partial charge on any atom is -0.394 e. The van der Waals surface area contributed by atoms with Gasteiger partial charge in [-0.1, -0.05) is 11.8 Å². The lowest BCUT2D eigenvalue weighted by atomic mass is 10.0. The molecule has 0 aromatic heterocycles. The number of carbonyl (C=O) groups is 1. The van der Waals surface area contributed by atoms with Gasteiger partial charge < -0.3 is 25.5 Å². The summed E-state index contributed by atoms with van der Waals surface area (Å²) in [5.41, 5.74) is 0. The van der Waals surface area contributed by atoms with Crippen LogP contribution in [0.2, 0.25) is 0 Å². The minimum absolute atomic E-state index is 0.0335. The maximum Gasteiger partial charge on any atom is 0.240 e. The average Bonchev–Trinajstić information content (AvgIpc) is 2.87. The van der Waals surface area contributed by atoms with Crippen molar-refractivity contribution in [3.8, 4) is 0 Å². The van der Waals surface area contributed by atoms with E-state index in [4.69, 9.17) is 5.11 Å². The van der Waals surface area contributed by atoms with Crippen LogP contribution in [0.3, 0.4) is 0 Å². The summed E-state index contributed by atoms with van der Waals surface area (Å²) >= 11 is 2.63. The fourth-order valence-electron chi connectivity index (χ4n) is 1.76. The van der Waals surface area contributed by atoms with E-state index in [-0.39, 0.29) is 12.3 Å². The Morgan fingerprint density at radius 3 is 2.38 bits per heavy atom. The van der Waals surface area contributed by atoms with E-state index in [1.54, 1.807) is 6.26 Å². The summed E-state index contributed by atoms with van der Waals surface area (Å²) in [5.74, 6) is -0.297. The van der Waals surface area contributed by atoms with Crippen LogP contribution in [0.1, 0.15) is 13.3 Å². The zero-order valence-corrected chi connectivity index (χ0v) is 13.3. The van der Waals surface area contributed by atoms with E-state index in [9.17, 15) is 25.2 Å². The van der Waals surface area contributed by atoms with Gasteiger partial charge in [0.15, 0.2) is 4.38 Å². The molecular weight excluding hydrogens is 320 g/mol. The molecule has 0 saturated carbocycles. The fourth-order valence-corrected chi connectivity index (χ4v) is 3.61. The Morgan fingerprint density at radius 1 is 1.33 bits per heavy atom. The number of rotatable bonds is 6. The van der Waals surface area contributed by atoms with Crippen LogP contribution in [-0.2, 0) is 4.79 Å². The van der Waals surface area contributed by atoms with Crippen LogP contribution in [0, 0.1) is 0 Å². The highest BCUT2D eigenvalue weighted by Gasteiger charge is 2.36. The first kappa shape index (κ1) is 18.7. The number of amides is 1. The Kier molecular flexibility index (Phi) is 7.40. The van der Waals surface area contributed by atoms with Crippen LogP contribution < -0.4 is 0 Å². The Morgan fingerprint density at radius 2 is 1.90 bits per heavy atom. The first-order valence-corrected chi connectivity index (χ1v) is 8.34. The number of hydrogen-bond acceptors (Lipinski definition) is 9. The summed E-state index contributed by atoms with van der Waals surface area (Å²) in [7, 11) is 0. The summed E-state index contributed by atoms with van der Waals surface area (Å²) in [6.45, 7) is 0.607. The summed E-state index contributed by atoms with van der Waals surface area (Å²) < 4.78 is 0.660. The number of nitrogens with zero attached hydrogens (tertiary/aromatic N) is 2. The standard InChI is InChI=1S/C11H20N2O6S2/c1-5(15)13-8(21-11(12-13)20-2)3-6(16)9(18)10(19)7(17)4-14/h6-10,14,16-19H,3-4H2,1-2H3/t6-,7+,8?,9+,10+/m0/s1. The molecule has 8 nitrogen and oxygen atoms in total. The van der Waals surface area contributed by atoms with Crippen LogP contribution in [-0.4, -0.2) is 83.5 Å². The molecule has 1 rings (SSSR count). The van der Waals surface area contributed by atoms with Crippen LogP contribution in [0.4, 0.5) is 0 Å². The first-order valence-electron chi connectivity index (χ1n) is 6.24. The van der Waals surface area contributed by atoms with Crippen molar-refractivity contribution in [2.75, 3.05) is 12.9 Å². The number of aliphatic hydroxyl groups is 5. The predicted molar refractivity (Wildman–Crippen MR) is 80.6 cm³/mol. The largest absolute Gasteiger partial charge is 0.394 e. The predicted octanol–water partition coefficient (Wildman–Crippen LogP) is -1.63. The van der Waals surface area contributed by atoms with Crippen molar-refractivity contribution in [1.82, 2.24) is 5.01 Å². The normalized spacial score (nSPS) is 24.4. The van der Waals surface area contributed by atoms with Gasteiger partial charge >= 0.3 is 0 Å². The van der Waals surface area contributed by atoms with Crippen molar-refractivity contribution >= 4 is 33.8 Å². The maximum atomic E-state index is 11.5. The van der Waals surface area contributed by atoms with E-state index in [1.807, 2.05) is 0 Å². The molecule has 0 saturated heterocycles. The van der Waals surface area contributed by atoms with Crippen LogP contribution in [0.25, 0.3) is 0 Å². The second-order valence-corrected chi connectivity index (χ2v) is 6.76. The quantitative estimate of drug-likeness (QED) is 0.389. The van der Waals surface area contributed by atoms with Gasteiger partial charge in [-0.15, -0.1) is 11.8 Å². The zero-order valence-electron chi connectivity index (χ0n) is 11.7.